The molecule has 0 aliphatic carbocycles. The molecule has 0 radical (unpaired) electrons. The van der Waals surface area contributed by atoms with E-state index in [2.05, 4.69) is 25.8 Å². The molecule has 0 bridgehead atoms. The van der Waals surface area contributed by atoms with E-state index in [1.54, 1.807) is 6.20 Å². The van der Waals surface area contributed by atoms with Crippen LogP contribution in [0.3, 0.4) is 0 Å². The second kappa shape index (κ2) is 13.1. The fourth-order valence-corrected chi connectivity index (χ4v) is 17.9. The molecule has 5 heteroatoms. The van der Waals surface area contributed by atoms with Crippen LogP contribution in [0.4, 0.5) is 0 Å². The minimum absolute atomic E-state index is 0.0760. The Hall–Kier alpha value is -0.361. The van der Waals surface area contributed by atoms with Crippen LogP contribution in [-0.4, -0.2) is 30.4 Å². The molecule has 0 aliphatic rings. The van der Waals surface area contributed by atoms with Crippen LogP contribution in [-0.2, 0) is 3.07 Å². The maximum atomic E-state index is 6.85. The zero-order valence-corrected chi connectivity index (χ0v) is 22.2. The van der Waals surface area contributed by atoms with Crippen molar-refractivity contribution in [2.75, 3.05) is 6.61 Å². The number of nitrogens with zero attached hydrogens (tertiary/aromatic N) is 1. The van der Waals surface area contributed by atoms with Gasteiger partial charge in [0.05, 0.1) is 0 Å². The summed E-state index contributed by atoms with van der Waals surface area (Å²) in [5.41, 5.74) is 7.70. The number of unbranched alkanes of at least 4 members (excludes halogenated alkanes) is 3. The first-order valence-corrected chi connectivity index (χ1v) is 19.1. The molecule has 0 fully saturated rings. The number of benzene rings is 1. The molecule has 1 aromatic carbocycles. The monoisotopic (exact) mass is 526 g/mol. The molecule has 2 N–H and O–H groups in total. The van der Waals surface area contributed by atoms with Crippen molar-refractivity contribution in [1.82, 2.24) is 4.98 Å². The zero-order valence-electron chi connectivity index (χ0n) is 18.6. The molecule has 1 heterocycles. The summed E-state index contributed by atoms with van der Waals surface area (Å²) in [6.45, 7) is 7.67. The first-order valence-electron chi connectivity index (χ1n) is 11.5. The fraction of sp³-hybridized carbons (Fsp3) is 0.625. The van der Waals surface area contributed by atoms with Gasteiger partial charge in [-0.3, -0.25) is 0 Å². The van der Waals surface area contributed by atoms with E-state index in [4.69, 9.17) is 20.4 Å². The molecule has 29 heavy (non-hydrogen) atoms. The molecule has 0 saturated carbocycles. The Bertz CT molecular complexity index is 718. The predicted molar refractivity (Wildman–Crippen MR) is 129 cm³/mol. The van der Waals surface area contributed by atoms with Crippen molar-refractivity contribution in [3.05, 3.63) is 41.2 Å². The predicted octanol–water partition coefficient (Wildman–Crippen LogP) is 7.64. The topological polar surface area (TPSA) is 48.1 Å². The third-order valence-electron chi connectivity index (χ3n) is 5.95. The summed E-state index contributed by atoms with van der Waals surface area (Å²) in [5, 5.41) is 2.93. The molecule has 0 saturated heterocycles. The average molecular weight is 526 g/mol. The van der Waals surface area contributed by atoms with Crippen LogP contribution in [0.15, 0.2) is 30.6 Å². The molecule has 2 aromatic rings. The molecule has 1 unspecified atom stereocenters. The number of halogens is 1. The molecule has 0 amide bonds. The van der Waals surface area contributed by atoms with Gasteiger partial charge in [-0.25, -0.2) is 0 Å². The molecule has 1 atom stereocenters. The van der Waals surface area contributed by atoms with E-state index in [1.165, 1.54) is 51.8 Å². The van der Waals surface area contributed by atoms with Crippen LogP contribution in [0.25, 0.3) is 10.8 Å². The van der Waals surface area contributed by atoms with Crippen LogP contribution in [0, 0.1) is 0 Å². The number of hydrogen-bond acceptors (Lipinski definition) is 3. The normalized spacial score (nSPS) is 13.1. The Morgan fingerprint density at radius 3 is 2.24 bits per heavy atom. The molecule has 0 spiro atoms. The molecule has 1 aromatic heterocycles. The van der Waals surface area contributed by atoms with Gasteiger partial charge in [-0.2, -0.15) is 0 Å². The molecule has 2 rings (SSSR count). The summed E-state index contributed by atoms with van der Waals surface area (Å²) in [6, 6.07) is 5.90. The van der Waals surface area contributed by atoms with Crippen LogP contribution in [0.1, 0.15) is 77.3 Å². The number of rotatable bonds is 14. The fourth-order valence-electron chi connectivity index (χ4n) is 4.14. The first-order chi connectivity index (χ1) is 14.0. The Kier molecular flexibility index (Phi) is 11.3. The van der Waals surface area contributed by atoms with E-state index < -0.39 is 18.8 Å². The van der Waals surface area contributed by atoms with E-state index in [9.17, 15) is 0 Å². The standard InChI is InChI=1S/C12H12ClN2O.3C4H9.Sn/c13-9-5-8-1-3-15-7-11(8)10(6-9)12(14)2-4-16;3*1-3-4-2;/h1,3,5-7,12H,2,4,14H2;3*1,3-4H2,2H3;/q-1;;;;+1. The van der Waals surface area contributed by atoms with Crippen LogP contribution in [0.5, 0.6) is 0 Å². The third-order valence-corrected chi connectivity index (χ3v) is 19.3. The van der Waals surface area contributed by atoms with Gasteiger partial charge in [-0.1, -0.05) is 0 Å². The minimum atomic E-state index is -2.55. The summed E-state index contributed by atoms with van der Waals surface area (Å²) in [6.07, 6.45) is 12.3. The molecule has 0 aliphatic heterocycles. The second-order valence-electron chi connectivity index (χ2n) is 8.33. The van der Waals surface area contributed by atoms with Gasteiger partial charge in [-0.15, -0.1) is 0 Å². The Labute approximate surface area is 187 Å². The maximum absolute atomic E-state index is 6.85. The molecule has 3 nitrogen and oxygen atoms in total. The van der Waals surface area contributed by atoms with Gasteiger partial charge in [0.1, 0.15) is 0 Å². The van der Waals surface area contributed by atoms with Crippen molar-refractivity contribution in [2.24, 2.45) is 5.73 Å². The SMILES string of the molecule is CCC[CH2][Sn]([CH2]CCC)([CH2]CCC)[O]CCC(N)c1cc(Cl)cc2ccncc12. The van der Waals surface area contributed by atoms with Gasteiger partial charge < -0.3 is 0 Å². The van der Waals surface area contributed by atoms with Crippen LogP contribution in [0.2, 0.25) is 18.3 Å². The third kappa shape index (κ3) is 7.68. The Morgan fingerprint density at radius 2 is 1.66 bits per heavy atom. The number of nitrogens with two attached hydrogens (primary N) is 1. The number of aromatic nitrogens is 1. The van der Waals surface area contributed by atoms with E-state index in [-0.39, 0.29) is 6.04 Å². The number of pyridine rings is 1. The average Bonchev–Trinajstić information content (AvgIpc) is 2.73. The van der Waals surface area contributed by atoms with Crippen molar-refractivity contribution < 1.29 is 3.07 Å². The Morgan fingerprint density at radius 1 is 1.03 bits per heavy atom. The van der Waals surface area contributed by atoms with Gasteiger partial charge in [-0.05, 0) is 0 Å². The summed E-state index contributed by atoms with van der Waals surface area (Å²) in [7, 11) is 0. The number of fused-ring (bicyclic) bond motifs is 1. The quantitative estimate of drug-likeness (QED) is 0.258. The summed E-state index contributed by atoms with van der Waals surface area (Å²) in [5.74, 6) is 0. The van der Waals surface area contributed by atoms with Crippen molar-refractivity contribution >= 4 is 41.2 Å². The summed E-state index contributed by atoms with van der Waals surface area (Å²) >= 11 is 3.79. The van der Waals surface area contributed by atoms with Gasteiger partial charge in [0, 0.05) is 0 Å². The van der Waals surface area contributed by atoms with E-state index in [0.29, 0.717) is 0 Å². The number of hydrogen-bond donors (Lipinski definition) is 1. The second-order valence-corrected chi connectivity index (χ2v) is 20.6. The van der Waals surface area contributed by atoms with Crippen molar-refractivity contribution in [1.29, 1.82) is 0 Å². The van der Waals surface area contributed by atoms with Crippen molar-refractivity contribution in [3.8, 4) is 0 Å². The van der Waals surface area contributed by atoms with Gasteiger partial charge >= 0.3 is 188 Å². The molecular weight excluding hydrogens is 486 g/mol. The summed E-state index contributed by atoms with van der Waals surface area (Å²) < 4.78 is 10.9. The molecule has 162 valence electrons. The van der Waals surface area contributed by atoms with Crippen molar-refractivity contribution in [3.63, 3.8) is 0 Å². The van der Waals surface area contributed by atoms with Gasteiger partial charge in [0.15, 0.2) is 0 Å². The van der Waals surface area contributed by atoms with Crippen molar-refractivity contribution in [2.45, 2.75) is 85.1 Å². The van der Waals surface area contributed by atoms with E-state index in [1.807, 2.05) is 24.4 Å². The van der Waals surface area contributed by atoms with Gasteiger partial charge in [0.25, 0.3) is 0 Å². The van der Waals surface area contributed by atoms with Gasteiger partial charge in [0.2, 0.25) is 0 Å². The van der Waals surface area contributed by atoms with Crippen LogP contribution >= 0.6 is 11.6 Å². The first kappa shape index (κ1) is 24.9. The molecular formula is C24H39ClN2OSn. The van der Waals surface area contributed by atoms with E-state index >= 15 is 0 Å². The van der Waals surface area contributed by atoms with Crippen LogP contribution < -0.4 is 5.73 Å². The van der Waals surface area contributed by atoms with E-state index in [0.717, 1.165) is 34.4 Å². The summed E-state index contributed by atoms with van der Waals surface area (Å²) in [4.78, 5) is 4.29. The Balaban J connectivity index is 2.09. The zero-order chi connectivity index (χ0) is 21.1.